The Hall–Kier alpha value is -0.450. The quantitative estimate of drug-likeness (QED) is 0.843. The summed E-state index contributed by atoms with van der Waals surface area (Å²) in [7, 11) is 0. The molecule has 4 heteroatoms. The van der Waals surface area contributed by atoms with Gasteiger partial charge in [-0.2, -0.15) is 0 Å². The summed E-state index contributed by atoms with van der Waals surface area (Å²) in [5.74, 6) is -0.205. The van der Waals surface area contributed by atoms with Crippen LogP contribution in [0.4, 0.5) is 4.39 Å². The number of hydrogen-bond donors (Lipinski definition) is 1. The van der Waals surface area contributed by atoms with Crippen LogP contribution in [-0.2, 0) is 11.3 Å². The molecule has 1 saturated heterocycles. The molecule has 1 aliphatic rings. The molecule has 2 rings (SSSR count). The van der Waals surface area contributed by atoms with Crippen molar-refractivity contribution < 1.29 is 9.13 Å². The van der Waals surface area contributed by atoms with E-state index in [0.717, 1.165) is 25.1 Å². The molecule has 1 unspecified atom stereocenters. The van der Waals surface area contributed by atoms with Gasteiger partial charge in [-0.25, -0.2) is 4.39 Å². The van der Waals surface area contributed by atoms with Crippen LogP contribution in [-0.4, -0.2) is 19.3 Å². The molecule has 1 atom stereocenters. The average molecular weight is 302 g/mol. The fraction of sp³-hybridized carbons (Fsp3) is 0.538. The third-order valence-electron chi connectivity index (χ3n) is 2.98. The molecule has 1 heterocycles. The number of hydrogen-bond acceptors (Lipinski definition) is 2. The van der Waals surface area contributed by atoms with Gasteiger partial charge in [0.05, 0.1) is 10.6 Å². The Morgan fingerprint density at radius 1 is 1.47 bits per heavy atom. The van der Waals surface area contributed by atoms with Crippen molar-refractivity contribution in [1.82, 2.24) is 5.32 Å². The predicted molar refractivity (Wildman–Crippen MR) is 69.4 cm³/mol. The van der Waals surface area contributed by atoms with Gasteiger partial charge in [-0.3, -0.25) is 0 Å². The molecule has 0 amide bonds. The first-order valence-electron chi connectivity index (χ1n) is 6.02. The Balaban J connectivity index is 1.68. The summed E-state index contributed by atoms with van der Waals surface area (Å²) in [6.45, 7) is 2.53. The number of halogens is 2. The molecule has 0 radical (unpaired) electrons. The smallest absolute Gasteiger partial charge is 0.137 e. The van der Waals surface area contributed by atoms with Gasteiger partial charge in [-0.1, -0.05) is 6.07 Å². The third-order valence-corrected chi connectivity index (χ3v) is 3.62. The van der Waals surface area contributed by atoms with Crippen LogP contribution in [0.15, 0.2) is 22.7 Å². The number of benzene rings is 1. The van der Waals surface area contributed by atoms with Crippen molar-refractivity contribution in [2.45, 2.75) is 31.9 Å². The van der Waals surface area contributed by atoms with Crippen LogP contribution >= 0.6 is 15.9 Å². The number of ether oxygens (including phenoxy) is 1. The van der Waals surface area contributed by atoms with Gasteiger partial charge < -0.3 is 10.1 Å². The first-order valence-corrected chi connectivity index (χ1v) is 6.81. The molecule has 0 spiro atoms. The van der Waals surface area contributed by atoms with Crippen LogP contribution in [0.1, 0.15) is 24.8 Å². The molecule has 0 bridgehead atoms. The molecule has 1 fully saturated rings. The fourth-order valence-corrected chi connectivity index (χ4v) is 2.26. The first kappa shape index (κ1) is 13.0. The average Bonchev–Trinajstić information content (AvgIpc) is 2.82. The van der Waals surface area contributed by atoms with E-state index in [0.29, 0.717) is 17.1 Å². The minimum Gasteiger partial charge on any atom is -0.378 e. The molecule has 1 aromatic rings. The summed E-state index contributed by atoms with van der Waals surface area (Å²) in [6, 6.07) is 5.22. The molecule has 0 aliphatic carbocycles. The van der Waals surface area contributed by atoms with Crippen LogP contribution in [0.2, 0.25) is 0 Å². The van der Waals surface area contributed by atoms with E-state index in [4.69, 9.17) is 4.74 Å². The van der Waals surface area contributed by atoms with E-state index < -0.39 is 0 Å². The van der Waals surface area contributed by atoms with Crippen LogP contribution in [0.3, 0.4) is 0 Å². The van der Waals surface area contributed by atoms with Gasteiger partial charge >= 0.3 is 0 Å². The summed E-state index contributed by atoms with van der Waals surface area (Å²) in [6.07, 6.45) is 3.82. The summed E-state index contributed by atoms with van der Waals surface area (Å²) in [5, 5.41) is 3.31. The van der Waals surface area contributed by atoms with Crippen LogP contribution in [0, 0.1) is 5.82 Å². The highest BCUT2D eigenvalue weighted by Gasteiger charge is 2.14. The summed E-state index contributed by atoms with van der Waals surface area (Å²) >= 11 is 3.14. The molecule has 0 saturated carbocycles. The normalized spacial score (nSPS) is 19.8. The predicted octanol–water partition coefficient (Wildman–Crippen LogP) is 3.25. The Labute approximate surface area is 110 Å². The maximum Gasteiger partial charge on any atom is 0.137 e. The molecule has 94 valence electrons. The zero-order valence-corrected chi connectivity index (χ0v) is 11.3. The van der Waals surface area contributed by atoms with E-state index in [1.54, 1.807) is 12.1 Å². The molecule has 1 N–H and O–H groups in total. The lowest BCUT2D eigenvalue weighted by Crippen LogP contribution is -2.19. The molecule has 17 heavy (non-hydrogen) atoms. The lowest BCUT2D eigenvalue weighted by molar-refractivity contribution is 0.104. The summed E-state index contributed by atoms with van der Waals surface area (Å²) < 4.78 is 19.3. The largest absolute Gasteiger partial charge is 0.378 e. The van der Waals surface area contributed by atoms with Crippen LogP contribution in [0.25, 0.3) is 0 Å². The summed E-state index contributed by atoms with van der Waals surface area (Å²) in [4.78, 5) is 0. The Morgan fingerprint density at radius 2 is 2.35 bits per heavy atom. The Bertz CT molecular complexity index is 366. The second-order valence-corrected chi connectivity index (χ2v) is 5.20. The van der Waals surface area contributed by atoms with Crippen molar-refractivity contribution in [2.75, 3.05) is 13.2 Å². The van der Waals surface area contributed by atoms with E-state index in [2.05, 4.69) is 21.2 Å². The van der Waals surface area contributed by atoms with Gasteiger partial charge in [0.2, 0.25) is 0 Å². The van der Waals surface area contributed by atoms with E-state index in [1.807, 2.05) is 6.07 Å². The lowest BCUT2D eigenvalue weighted by Gasteiger charge is -2.10. The Kier molecular flexibility index (Phi) is 4.95. The molecular formula is C13H17BrFNO. The van der Waals surface area contributed by atoms with Crippen LogP contribution < -0.4 is 5.32 Å². The molecule has 0 aromatic heterocycles. The van der Waals surface area contributed by atoms with Crippen molar-refractivity contribution in [3.8, 4) is 0 Å². The molecule has 1 aromatic carbocycles. The molecule has 1 aliphatic heterocycles. The SMILES string of the molecule is Fc1cc(CNCCC2CCCO2)ccc1Br. The molecule has 2 nitrogen and oxygen atoms in total. The minimum atomic E-state index is -0.205. The zero-order chi connectivity index (χ0) is 12.1. The van der Waals surface area contributed by atoms with Gasteiger partial charge in [0.25, 0.3) is 0 Å². The minimum absolute atomic E-state index is 0.205. The second kappa shape index (κ2) is 6.47. The van der Waals surface area contributed by atoms with Crippen molar-refractivity contribution in [3.63, 3.8) is 0 Å². The van der Waals surface area contributed by atoms with Gasteiger partial charge in [-0.05, 0) is 59.4 Å². The second-order valence-electron chi connectivity index (χ2n) is 4.35. The van der Waals surface area contributed by atoms with Gasteiger partial charge in [0.15, 0.2) is 0 Å². The van der Waals surface area contributed by atoms with Crippen LogP contribution in [0.5, 0.6) is 0 Å². The first-order chi connectivity index (χ1) is 8.25. The number of rotatable bonds is 5. The number of nitrogens with one attached hydrogen (secondary N) is 1. The highest BCUT2D eigenvalue weighted by atomic mass is 79.9. The van der Waals surface area contributed by atoms with E-state index in [9.17, 15) is 4.39 Å². The summed E-state index contributed by atoms with van der Waals surface area (Å²) in [5.41, 5.74) is 0.970. The van der Waals surface area contributed by atoms with Gasteiger partial charge in [0.1, 0.15) is 5.82 Å². The lowest BCUT2D eigenvalue weighted by atomic mass is 10.2. The monoisotopic (exact) mass is 301 g/mol. The highest BCUT2D eigenvalue weighted by Crippen LogP contribution is 2.17. The van der Waals surface area contributed by atoms with Crippen molar-refractivity contribution >= 4 is 15.9 Å². The zero-order valence-electron chi connectivity index (χ0n) is 9.72. The van der Waals surface area contributed by atoms with Crippen molar-refractivity contribution in [3.05, 3.63) is 34.1 Å². The molecular weight excluding hydrogens is 285 g/mol. The maximum atomic E-state index is 13.2. The fourth-order valence-electron chi connectivity index (χ4n) is 2.02. The maximum absolute atomic E-state index is 13.2. The Morgan fingerprint density at radius 3 is 3.06 bits per heavy atom. The van der Waals surface area contributed by atoms with E-state index in [1.165, 1.54) is 12.8 Å². The highest BCUT2D eigenvalue weighted by molar-refractivity contribution is 9.10. The van der Waals surface area contributed by atoms with Gasteiger partial charge in [0, 0.05) is 13.2 Å². The van der Waals surface area contributed by atoms with E-state index >= 15 is 0 Å². The third kappa shape index (κ3) is 4.05. The van der Waals surface area contributed by atoms with Gasteiger partial charge in [-0.15, -0.1) is 0 Å². The van der Waals surface area contributed by atoms with Crippen molar-refractivity contribution in [2.24, 2.45) is 0 Å². The van der Waals surface area contributed by atoms with E-state index in [-0.39, 0.29) is 5.82 Å². The van der Waals surface area contributed by atoms with Crippen molar-refractivity contribution in [1.29, 1.82) is 0 Å². The topological polar surface area (TPSA) is 21.3 Å². The standard InChI is InChI=1S/C13H17BrFNO/c14-12-4-3-10(8-13(12)15)9-16-6-5-11-2-1-7-17-11/h3-4,8,11,16H,1-2,5-7,9H2.